The van der Waals surface area contributed by atoms with Crippen LogP contribution in [0.4, 0.5) is 0 Å². The van der Waals surface area contributed by atoms with Gasteiger partial charge in [0.1, 0.15) is 0 Å². The second-order valence-electron chi connectivity index (χ2n) is 3.75. The standard InChI is InChI=1S/C10H16O2/c1-7(2)8-5-3-4-6-9(8)10(11)12/h6-8H,3-5H2,1-2H3,(H,11,12). The molecule has 0 bridgehead atoms. The number of carbonyl (C=O) groups is 1. The van der Waals surface area contributed by atoms with E-state index >= 15 is 0 Å². The van der Waals surface area contributed by atoms with E-state index in [9.17, 15) is 4.79 Å². The van der Waals surface area contributed by atoms with Crippen LogP contribution in [-0.2, 0) is 4.79 Å². The number of rotatable bonds is 2. The van der Waals surface area contributed by atoms with Gasteiger partial charge in [0.2, 0.25) is 0 Å². The molecule has 1 aliphatic rings. The molecule has 0 saturated carbocycles. The Balaban J connectivity index is 2.78. The predicted molar refractivity (Wildman–Crippen MR) is 47.9 cm³/mol. The monoisotopic (exact) mass is 168 g/mol. The summed E-state index contributed by atoms with van der Waals surface area (Å²) >= 11 is 0. The molecule has 0 radical (unpaired) electrons. The van der Waals surface area contributed by atoms with E-state index in [1.807, 2.05) is 6.08 Å². The zero-order valence-corrected chi connectivity index (χ0v) is 7.71. The molecular weight excluding hydrogens is 152 g/mol. The van der Waals surface area contributed by atoms with Crippen LogP contribution in [0.5, 0.6) is 0 Å². The maximum atomic E-state index is 10.8. The van der Waals surface area contributed by atoms with Crippen LogP contribution in [0.15, 0.2) is 11.6 Å². The van der Waals surface area contributed by atoms with Gasteiger partial charge >= 0.3 is 5.97 Å². The third kappa shape index (κ3) is 1.87. The molecule has 0 spiro atoms. The fourth-order valence-electron chi connectivity index (χ4n) is 1.84. The molecule has 1 rings (SSSR count). The fourth-order valence-corrected chi connectivity index (χ4v) is 1.84. The van der Waals surface area contributed by atoms with Crippen LogP contribution in [0.2, 0.25) is 0 Å². The van der Waals surface area contributed by atoms with Crippen molar-refractivity contribution in [2.75, 3.05) is 0 Å². The molecule has 0 aromatic carbocycles. The van der Waals surface area contributed by atoms with E-state index in [4.69, 9.17) is 5.11 Å². The summed E-state index contributed by atoms with van der Waals surface area (Å²) in [6, 6.07) is 0. The molecule has 1 aliphatic carbocycles. The maximum Gasteiger partial charge on any atom is 0.331 e. The lowest BCUT2D eigenvalue weighted by Crippen LogP contribution is -2.20. The Morgan fingerprint density at radius 1 is 1.67 bits per heavy atom. The van der Waals surface area contributed by atoms with Gasteiger partial charge in [0, 0.05) is 5.57 Å². The van der Waals surface area contributed by atoms with Crippen molar-refractivity contribution in [3.05, 3.63) is 11.6 Å². The highest BCUT2D eigenvalue weighted by Gasteiger charge is 2.25. The first kappa shape index (κ1) is 9.30. The lowest BCUT2D eigenvalue weighted by molar-refractivity contribution is -0.133. The number of allylic oxidation sites excluding steroid dienone is 1. The molecule has 2 nitrogen and oxygen atoms in total. The molecule has 1 N–H and O–H groups in total. The second kappa shape index (κ2) is 3.74. The van der Waals surface area contributed by atoms with Crippen molar-refractivity contribution < 1.29 is 9.90 Å². The van der Waals surface area contributed by atoms with E-state index in [0.717, 1.165) is 19.3 Å². The first-order valence-corrected chi connectivity index (χ1v) is 4.56. The van der Waals surface area contributed by atoms with E-state index in [1.165, 1.54) is 0 Å². The lowest BCUT2D eigenvalue weighted by Gasteiger charge is -2.24. The molecule has 0 fully saturated rings. The zero-order valence-electron chi connectivity index (χ0n) is 7.71. The molecular formula is C10H16O2. The average Bonchev–Trinajstić information content (AvgIpc) is 2.04. The van der Waals surface area contributed by atoms with Gasteiger partial charge in [-0.05, 0) is 31.1 Å². The van der Waals surface area contributed by atoms with Crippen molar-refractivity contribution in [1.29, 1.82) is 0 Å². The van der Waals surface area contributed by atoms with Gasteiger partial charge in [-0.15, -0.1) is 0 Å². The lowest BCUT2D eigenvalue weighted by atomic mass is 9.80. The summed E-state index contributed by atoms with van der Waals surface area (Å²) in [5, 5.41) is 8.89. The summed E-state index contributed by atoms with van der Waals surface area (Å²) in [4.78, 5) is 10.8. The Labute approximate surface area is 73.3 Å². The Bertz CT molecular complexity index is 204. The van der Waals surface area contributed by atoms with Gasteiger partial charge in [-0.3, -0.25) is 0 Å². The van der Waals surface area contributed by atoms with Crippen molar-refractivity contribution in [2.24, 2.45) is 11.8 Å². The smallest absolute Gasteiger partial charge is 0.331 e. The van der Waals surface area contributed by atoms with Crippen molar-refractivity contribution >= 4 is 5.97 Å². The molecule has 0 aromatic rings. The maximum absolute atomic E-state index is 10.8. The average molecular weight is 168 g/mol. The summed E-state index contributed by atoms with van der Waals surface area (Å²) in [6.07, 6.45) is 5.00. The van der Waals surface area contributed by atoms with Gasteiger partial charge < -0.3 is 5.11 Å². The number of hydrogen-bond acceptors (Lipinski definition) is 1. The number of hydrogen-bond donors (Lipinski definition) is 1. The van der Waals surface area contributed by atoms with Crippen molar-refractivity contribution in [3.8, 4) is 0 Å². The first-order valence-electron chi connectivity index (χ1n) is 4.56. The van der Waals surface area contributed by atoms with Crippen LogP contribution in [0.25, 0.3) is 0 Å². The highest BCUT2D eigenvalue weighted by atomic mass is 16.4. The molecule has 0 saturated heterocycles. The summed E-state index contributed by atoms with van der Waals surface area (Å²) in [7, 11) is 0. The fraction of sp³-hybridized carbons (Fsp3) is 0.700. The molecule has 1 atom stereocenters. The van der Waals surface area contributed by atoms with Crippen molar-refractivity contribution in [1.82, 2.24) is 0 Å². The van der Waals surface area contributed by atoms with Gasteiger partial charge in [-0.25, -0.2) is 4.79 Å². The highest BCUT2D eigenvalue weighted by molar-refractivity contribution is 5.87. The molecule has 1 unspecified atom stereocenters. The topological polar surface area (TPSA) is 37.3 Å². The minimum absolute atomic E-state index is 0.274. The molecule has 0 amide bonds. The van der Waals surface area contributed by atoms with Crippen LogP contribution < -0.4 is 0 Å². The summed E-state index contributed by atoms with van der Waals surface area (Å²) < 4.78 is 0. The van der Waals surface area contributed by atoms with Crippen LogP contribution >= 0.6 is 0 Å². The third-order valence-electron chi connectivity index (χ3n) is 2.53. The predicted octanol–water partition coefficient (Wildman–Crippen LogP) is 2.45. The minimum atomic E-state index is -0.728. The quantitative estimate of drug-likeness (QED) is 0.687. The Kier molecular flexibility index (Phi) is 2.90. The minimum Gasteiger partial charge on any atom is -0.478 e. The first-order chi connectivity index (χ1) is 5.63. The molecule has 12 heavy (non-hydrogen) atoms. The molecule has 2 heteroatoms. The molecule has 0 aromatic heterocycles. The van der Waals surface area contributed by atoms with Gasteiger partial charge in [0.05, 0.1) is 0 Å². The van der Waals surface area contributed by atoms with Gasteiger partial charge in [0.25, 0.3) is 0 Å². The molecule has 0 aliphatic heterocycles. The second-order valence-corrected chi connectivity index (χ2v) is 3.75. The van der Waals surface area contributed by atoms with Gasteiger partial charge in [-0.2, -0.15) is 0 Å². The number of carboxylic acid groups (broad SMARTS) is 1. The van der Waals surface area contributed by atoms with Gasteiger partial charge in [0.15, 0.2) is 0 Å². The van der Waals surface area contributed by atoms with Crippen molar-refractivity contribution in [3.63, 3.8) is 0 Å². The van der Waals surface area contributed by atoms with E-state index in [2.05, 4.69) is 13.8 Å². The zero-order chi connectivity index (χ0) is 9.14. The Morgan fingerprint density at radius 3 is 2.75 bits per heavy atom. The SMILES string of the molecule is CC(C)C1CCCC=C1C(=O)O. The summed E-state index contributed by atoms with van der Waals surface area (Å²) in [5.41, 5.74) is 0.635. The molecule has 0 heterocycles. The Hall–Kier alpha value is -0.790. The van der Waals surface area contributed by atoms with Crippen LogP contribution in [0.1, 0.15) is 33.1 Å². The normalized spacial score (nSPS) is 23.9. The van der Waals surface area contributed by atoms with E-state index in [-0.39, 0.29) is 5.92 Å². The van der Waals surface area contributed by atoms with E-state index < -0.39 is 5.97 Å². The summed E-state index contributed by atoms with van der Waals surface area (Å²) in [5.74, 6) is -0.00250. The number of aliphatic carboxylic acids is 1. The molecule has 68 valence electrons. The van der Waals surface area contributed by atoms with Gasteiger partial charge in [-0.1, -0.05) is 19.9 Å². The Morgan fingerprint density at radius 2 is 2.33 bits per heavy atom. The number of carboxylic acids is 1. The van der Waals surface area contributed by atoms with Crippen LogP contribution in [-0.4, -0.2) is 11.1 Å². The van der Waals surface area contributed by atoms with E-state index in [0.29, 0.717) is 11.5 Å². The summed E-state index contributed by atoms with van der Waals surface area (Å²) in [6.45, 7) is 4.18. The third-order valence-corrected chi connectivity index (χ3v) is 2.53. The van der Waals surface area contributed by atoms with Crippen LogP contribution in [0, 0.1) is 11.8 Å². The van der Waals surface area contributed by atoms with Crippen molar-refractivity contribution in [2.45, 2.75) is 33.1 Å². The largest absolute Gasteiger partial charge is 0.478 e. The highest BCUT2D eigenvalue weighted by Crippen LogP contribution is 2.30. The van der Waals surface area contributed by atoms with Crippen LogP contribution in [0.3, 0.4) is 0 Å². The van der Waals surface area contributed by atoms with E-state index in [1.54, 1.807) is 0 Å².